The minimum Gasteiger partial charge on any atom is -0.508 e. The molecule has 0 spiro atoms. The summed E-state index contributed by atoms with van der Waals surface area (Å²) in [5.74, 6) is 0.322. The van der Waals surface area contributed by atoms with Gasteiger partial charge in [-0.1, -0.05) is 49.6 Å². The van der Waals surface area contributed by atoms with Gasteiger partial charge in [-0.25, -0.2) is 0 Å². The van der Waals surface area contributed by atoms with Crippen molar-refractivity contribution >= 4 is 0 Å². The van der Waals surface area contributed by atoms with Crippen molar-refractivity contribution in [1.29, 1.82) is 0 Å². The average Bonchev–Trinajstić information content (AvgIpc) is 2.49. The fourth-order valence-corrected chi connectivity index (χ4v) is 3.64. The van der Waals surface area contributed by atoms with Crippen LogP contribution in [0.1, 0.15) is 44.1 Å². The molecule has 1 aromatic carbocycles. The second-order valence-corrected chi connectivity index (χ2v) is 6.01. The standard InChI is InChI=1S/C18H22O2/c19-16-8-4-14(5-9-16)18(12-2-1-3-13-18)15-6-10-17(20)11-7-15/h4-10,17,19-20H,1-3,11-13H2. The molecule has 0 aromatic heterocycles. The quantitative estimate of drug-likeness (QED) is 0.857. The van der Waals surface area contributed by atoms with E-state index in [-0.39, 0.29) is 11.5 Å². The maximum absolute atomic E-state index is 9.65. The van der Waals surface area contributed by atoms with E-state index in [0.717, 1.165) is 12.8 Å². The number of aromatic hydroxyl groups is 1. The van der Waals surface area contributed by atoms with Crippen LogP contribution in [0.25, 0.3) is 0 Å². The SMILES string of the molecule is Oc1ccc(C2(C3=CCC(O)C=C3)CCCCC2)cc1. The van der Waals surface area contributed by atoms with Crippen molar-refractivity contribution in [3.63, 3.8) is 0 Å². The highest BCUT2D eigenvalue weighted by molar-refractivity contribution is 5.45. The molecule has 2 aliphatic carbocycles. The number of phenols is 1. The van der Waals surface area contributed by atoms with E-state index >= 15 is 0 Å². The summed E-state index contributed by atoms with van der Waals surface area (Å²) >= 11 is 0. The van der Waals surface area contributed by atoms with Gasteiger partial charge in [-0.05, 0) is 42.5 Å². The van der Waals surface area contributed by atoms with Gasteiger partial charge < -0.3 is 10.2 Å². The molecule has 20 heavy (non-hydrogen) atoms. The summed E-state index contributed by atoms with van der Waals surface area (Å²) in [5, 5.41) is 19.2. The van der Waals surface area contributed by atoms with E-state index in [0.29, 0.717) is 12.2 Å². The van der Waals surface area contributed by atoms with Crippen LogP contribution < -0.4 is 0 Å². The monoisotopic (exact) mass is 270 g/mol. The third-order valence-electron chi connectivity index (χ3n) is 4.76. The first-order valence-corrected chi connectivity index (χ1v) is 7.57. The first kappa shape index (κ1) is 13.4. The normalized spacial score (nSPS) is 25.2. The largest absolute Gasteiger partial charge is 0.508 e. The first-order chi connectivity index (χ1) is 9.71. The molecule has 106 valence electrons. The van der Waals surface area contributed by atoms with Gasteiger partial charge in [0.05, 0.1) is 6.10 Å². The second kappa shape index (κ2) is 5.45. The van der Waals surface area contributed by atoms with E-state index in [1.54, 1.807) is 12.1 Å². The van der Waals surface area contributed by atoms with Gasteiger partial charge in [0.2, 0.25) is 0 Å². The smallest absolute Gasteiger partial charge is 0.115 e. The van der Waals surface area contributed by atoms with Crippen molar-refractivity contribution in [3.8, 4) is 5.75 Å². The lowest BCUT2D eigenvalue weighted by Crippen LogP contribution is -2.31. The number of hydrogen-bond donors (Lipinski definition) is 2. The van der Waals surface area contributed by atoms with Crippen molar-refractivity contribution in [1.82, 2.24) is 0 Å². The molecular formula is C18H22O2. The lowest BCUT2D eigenvalue weighted by molar-refractivity contribution is 0.223. The zero-order valence-corrected chi connectivity index (χ0v) is 11.8. The summed E-state index contributed by atoms with van der Waals surface area (Å²) in [6.07, 6.45) is 12.7. The van der Waals surface area contributed by atoms with Crippen molar-refractivity contribution in [2.24, 2.45) is 0 Å². The molecule has 2 N–H and O–H groups in total. The summed E-state index contributed by atoms with van der Waals surface area (Å²) in [5.41, 5.74) is 2.71. The van der Waals surface area contributed by atoms with Crippen LogP contribution in [0.2, 0.25) is 0 Å². The second-order valence-electron chi connectivity index (χ2n) is 6.01. The van der Waals surface area contributed by atoms with Gasteiger partial charge >= 0.3 is 0 Å². The summed E-state index contributed by atoms with van der Waals surface area (Å²) in [4.78, 5) is 0. The lowest BCUT2D eigenvalue weighted by Gasteiger charge is -2.40. The van der Waals surface area contributed by atoms with E-state index in [1.807, 2.05) is 6.08 Å². The van der Waals surface area contributed by atoms with E-state index in [1.165, 1.54) is 30.4 Å². The summed E-state index contributed by atoms with van der Waals surface area (Å²) < 4.78 is 0. The number of aliphatic hydroxyl groups is 1. The van der Waals surface area contributed by atoms with Crippen molar-refractivity contribution < 1.29 is 10.2 Å². The summed E-state index contributed by atoms with van der Waals surface area (Å²) in [6, 6.07) is 7.68. The van der Waals surface area contributed by atoms with E-state index in [4.69, 9.17) is 0 Å². The number of allylic oxidation sites excluding steroid dienone is 2. The highest BCUT2D eigenvalue weighted by atomic mass is 16.3. The summed E-state index contributed by atoms with van der Waals surface area (Å²) in [7, 11) is 0. The molecule has 2 nitrogen and oxygen atoms in total. The summed E-state index contributed by atoms with van der Waals surface area (Å²) in [6.45, 7) is 0. The van der Waals surface area contributed by atoms with Crippen LogP contribution >= 0.6 is 0 Å². The molecule has 2 heteroatoms. The van der Waals surface area contributed by atoms with Gasteiger partial charge in [0.1, 0.15) is 5.75 Å². The van der Waals surface area contributed by atoms with Crippen LogP contribution in [0.5, 0.6) is 5.75 Å². The molecule has 0 aliphatic heterocycles. The highest BCUT2D eigenvalue weighted by Crippen LogP contribution is 2.46. The molecule has 1 fully saturated rings. The van der Waals surface area contributed by atoms with Gasteiger partial charge in [-0.2, -0.15) is 0 Å². The number of aliphatic hydroxyl groups excluding tert-OH is 1. The zero-order chi connectivity index (χ0) is 14.0. The Kier molecular flexibility index (Phi) is 3.66. The fourth-order valence-electron chi connectivity index (χ4n) is 3.64. The topological polar surface area (TPSA) is 40.5 Å². The van der Waals surface area contributed by atoms with Gasteiger partial charge in [0, 0.05) is 5.41 Å². The molecule has 3 rings (SSSR count). The maximum Gasteiger partial charge on any atom is 0.115 e. The molecule has 0 heterocycles. The van der Waals surface area contributed by atoms with Crippen LogP contribution in [0.15, 0.2) is 48.1 Å². The fraction of sp³-hybridized carbons (Fsp3) is 0.444. The molecule has 1 unspecified atom stereocenters. The minimum atomic E-state index is -0.334. The molecule has 0 amide bonds. The van der Waals surface area contributed by atoms with Crippen LogP contribution in [-0.4, -0.2) is 16.3 Å². The van der Waals surface area contributed by atoms with E-state index < -0.39 is 0 Å². The van der Waals surface area contributed by atoms with Gasteiger partial charge in [0.15, 0.2) is 0 Å². The predicted molar refractivity (Wildman–Crippen MR) is 80.7 cm³/mol. The molecule has 0 saturated heterocycles. The van der Waals surface area contributed by atoms with E-state index in [2.05, 4.69) is 24.3 Å². The van der Waals surface area contributed by atoms with Crippen LogP contribution in [0.4, 0.5) is 0 Å². The third-order valence-corrected chi connectivity index (χ3v) is 4.76. The van der Waals surface area contributed by atoms with Crippen molar-refractivity contribution in [2.45, 2.75) is 50.0 Å². The van der Waals surface area contributed by atoms with E-state index in [9.17, 15) is 10.2 Å². The maximum atomic E-state index is 9.65. The lowest BCUT2D eigenvalue weighted by atomic mass is 9.64. The number of rotatable bonds is 2. The molecule has 0 radical (unpaired) electrons. The first-order valence-electron chi connectivity index (χ1n) is 7.57. The Hall–Kier alpha value is -1.54. The van der Waals surface area contributed by atoms with Crippen LogP contribution in [-0.2, 0) is 5.41 Å². The molecule has 2 aliphatic rings. The molecule has 0 bridgehead atoms. The third kappa shape index (κ3) is 2.40. The Bertz CT molecular complexity index is 519. The Morgan fingerprint density at radius 3 is 2.30 bits per heavy atom. The highest BCUT2D eigenvalue weighted by Gasteiger charge is 2.36. The Morgan fingerprint density at radius 2 is 1.70 bits per heavy atom. The van der Waals surface area contributed by atoms with Crippen LogP contribution in [0, 0.1) is 0 Å². The molecule has 1 atom stereocenters. The molecule has 1 saturated carbocycles. The number of hydrogen-bond acceptors (Lipinski definition) is 2. The Labute approximate surface area is 120 Å². The van der Waals surface area contributed by atoms with Crippen molar-refractivity contribution in [3.05, 3.63) is 53.6 Å². The van der Waals surface area contributed by atoms with Gasteiger partial charge in [-0.15, -0.1) is 0 Å². The average molecular weight is 270 g/mol. The number of phenolic OH excluding ortho intramolecular Hbond substituents is 1. The predicted octanol–water partition coefficient (Wildman–Crippen LogP) is 3.84. The number of benzene rings is 1. The minimum absolute atomic E-state index is 0.0720. The Morgan fingerprint density at radius 1 is 1.00 bits per heavy atom. The van der Waals surface area contributed by atoms with Crippen LogP contribution in [0.3, 0.4) is 0 Å². The Balaban J connectivity index is 2.00. The van der Waals surface area contributed by atoms with Gasteiger partial charge in [-0.3, -0.25) is 0 Å². The van der Waals surface area contributed by atoms with Gasteiger partial charge in [0.25, 0.3) is 0 Å². The molecular weight excluding hydrogens is 248 g/mol. The van der Waals surface area contributed by atoms with Crippen molar-refractivity contribution in [2.75, 3.05) is 0 Å². The molecule has 1 aromatic rings. The zero-order valence-electron chi connectivity index (χ0n) is 11.8.